The molecule has 1 fully saturated rings. The fraction of sp³-hybridized carbons (Fsp3) is 0.400. The Bertz CT molecular complexity index is 1350. The third-order valence-corrected chi connectivity index (χ3v) is 7.09. The maximum absolute atomic E-state index is 12.2. The van der Waals surface area contributed by atoms with Crippen LogP contribution in [0.15, 0.2) is 60.8 Å². The molecule has 15 heteroatoms. The van der Waals surface area contributed by atoms with Crippen LogP contribution >= 0.6 is 0 Å². The summed E-state index contributed by atoms with van der Waals surface area (Å²) in [6, 6.07) is 14.2. The standard InChI is InChI=1S/C25H31N5O9S/c26-19(12-16-6-8-18(31)9-7-16)25(34)28-40(35,36)39-15-22-24(33)23(32)21(14-38-22)37-11-10-30-13-20(27-29-30)17-4-2-1-3-5-17/h1-9,13,19,21-24,31-33H,10-12,14-15,26H2,(H,28,34)/t19-,21+,22+,23-,24+/m0/s1. The van der Waals surface area contributed by atoms with E-state index in [-0.39, 0.29) is 25.4 Å². The quantitative estimate of drug-likeness (QED) is 0.177. The fourth-order valence-electron chi connectivity index (χ4n) is 3.96. The predicted molar refractivity (Wildman–Crippen MR) is 140 cm³/mol. The van der Waals surface area contributed by atoms with Crippen molar-refractivity contribution in [3.63, 3.8) is 0 Å². The number of aromatic hydroxyl groups is 1. The highest BCUT2D eigenvalue weighted by atomic mass is 32.2. The molecule has 6 N–H and O–H groups in total. The number of aromatic nitrogens is 3. The molecule has 0 aliphatic carbocycles. The van der Waals surface area contributed by atoms with Crippen LogP contribution < -0.4 is 10.5 Å². The Morgan fingerprint density at radius 3 is 2.60 bits per heavy atom. The van der Waals surface area contributed by atoms with Crippen molar-refractivity contribution in [2.24, 2.45) is 5.73 Å². The second-order valence-corrected chi connectivity index (χ2v) is 10.5. The van der Waals surface area contributed by atoms with E-state index in [1.54, 1.807) is 27.7 Å². The Morgan fingerprint density at radius 1 is 1.15 bits per heavy atom. The summed E-state index contributed by atoms with van der Waals surface area (Å²) in [5.74, 6) is -0.966. The zero-order valence-corrected chi connectivity index (χ0v) is 22.1. The van der Waals surface area contributed by atoms with E-state index < -0.39 is 53.3 Å². The number of aliphatic hydroxyl groups excluding tert-OH is 2. The van der Waals surface area contributed by atoms with Gasteiger partial charge < -0.3 is 30.5 Å². The Balaban J connectivity index is 1.19. The van der Waals surface area contributed by atoms with Crippen LogP contribution in [0.2, 0.25) is 0 Å². The largest absolute Gasteiger partial charge is 0.508 e. The second-order valence-electron chi connectivity index (χ2n) is 9.18. The number of carbonyl (C=O) groups is 1. The average molecular weight is 578 g/mol. The molecule has 14 nitrogen and oxygen atoms in total. The van der Waals surface area contributed by atoms with E-state index >= 15 is 0 Å². The molecular weight excluding hydrogens is 546 g/mol. The number of nitrogens with two attached hydrogens (primary N) is 1. The molecule has 5 atom stereocenters. The van der Waals surface area contributed by atoms with Crippen molar-refractivity contribution in [3.8, 4) is 17.0 Å². The minimum Gasteiger partial charge on any atom is -0.508 e. The van der Waals surface area contributed by atoms with Crippen LogP contribution in [0, 0.1) is 0 Å². The molecule has 2 aromatic carbocycles. The van der Waals surface area contributed by atoms with Crippen molar-refractivity contribution in [3.05, 3.63) is 66.4 Å². The number of nitrogens with zero attached hydrogens (tertiary/aromatic N) is 3. The highest BCUT2D eigenvalue weighted by Gasteiger charge is 2.40. The van der Waals surface area contributed by atoms with Crippen LogP contribution in [0.4, 0.5) is 0 Å². The smallest absolute Gasteiger partial charge is 0.362 e. The van der Waals surface area contributed by atoms with Gasteiger partial charge in [0, 0.05) is 5.56 Å². The number of amides is 1. The van der Waals surface area contributed by atoms with E-state index in [1.165, 1.54) is 12.1 Å². The lowest BCUT2D eigenvalue weighted by molar-refractivity contribution is -0.207. The highest BCUT2D eigenvalue weighted by Crippen LogP contribution is 2.20. The maximum Gasteiger partial charge on any atom is 0.362 e. The molecule has 1 aliphatic heterocycles. The summed E-state index contributed by atoms with van der Waals surface area (Å²) < 4.78 is 43.6. The Morgan fingerprint density at radius 2 is 1.88 bits per heavy atom. The first-order chi connectivity index (χ1) is 19.1. The first kappa shape index (κ1) is 29.5. The summed E-state index contributed by atoms with van der Waals surface area (Å²) in [5, 5.41) is 38.4. The molecule has 0 unspecified atom stereocenters. The Hall–Kier alpha value is -3.44. The van der Waals surface area contributed by atoms with Crippen molar-refractivity contribution in [2.75, 3.05) is 19.8 Å². The summed E-state index contributed by atoms with van der Waals surface area (Å²) in [6.45, 7) is -0.329. The van der Waals surface area contributed by atoms with Crippen LogP contribution in [-0.4, -0.2) is 94.9 Å². The molecule has 1 aromatic heterocycles. The van der Waals surface area contributed by atoms with Crippen molar-refractivity contribution < 1.29 is 42.2 Å². The predicted octanol–water partition coefficient (Wildman–Crippen LogP) is -0.896. The molecule has 0 radical (unpaired) electrons. The number of aliphatic hydroxyl groups is 2. The molecule has 4 rings (SSSR count). The van der Waals surface area contributed by atoms with Gasteiger partial charge in [-0.25, -0.2) is 9.40 Å². The van der Waals surface area contributed by atoms with Gasteiger partial charge in [0.2, 0.25) is 0 Å². The van der Waals surface area contributed by atoms with Crippen LogP contribution in [0.1, 0.15) is 5.56 Å². The zero-order chi connectivity index (χ0) is 28.7. The minimum atomic E-state index is -4.58. The van der Waals surface area contributed by atoms with Crippen LogP contribution in [0.3, 0.4) is 0 Å². The normalized spacial score (nSPS) is 22.1. The van der Waals surface area contributed by atoms with E-state index in [9.17, 15) is 28.5 Å². The van der Waals surface area contributed by atoms with Gasteiger partial charge in [-0.15, -0.1) is 5.10 Å². The van der Waals surface area contributed by atoms with Gasteiger partial charge in [0.05, 0.1) is 38.6 Å². The number of benzene rings is 2. The molecule has 0 saturated carbocycles. The third kappa shape index (κ3) is 8.04. The van der Waals surface area contributed by atoms with E-state index in [4.69, 9.17) is 19.4 Å². The summed E-state index contributed by atoms with van der Waals surface area (Å²) >= 11 is 0. The number of phenols is 1. The van der Waals surface area contributed by atoms with Gasteiger partial charge in [0.1, 0.15) is 35.9 Å². The van der Waals surface area contributed by atoms with Gasteiger partial charge in [-0.3, -0.25) is 8.98 Å². The average Bonchev–Trinajstić information content (AvgIpc) is 3.41. The number of ether oxygens (including phenoxy) is 2. The van der Waals surface area contributed by atoms with Crippen LogP contribution in [-0.2, 0) is 41.7 Å². The lowest BCUT2D eigenvalue weighted by atomic mass is 10.0. The van der Waals surface area contributed by atoms with Crippen molar-refractivity contribution in [1.82, 2.24) is 19.7 Å². The first-order valence-corrected chi connectivity index (χ1v) is 13.8. The van der Waals surface area contributed by atoms with E-state index in [2.05, 4.69) is 10.3 Å². The first-order valence-electron chi connectivity index (χ1n) is 12.4. The molecule has 216 valence electrons. The Kier molecular flexibility index (Phi) is 9.80. The van der Waals surface area contributed by atoms with Gasteiger partial charge in [0.25, 0.3) is 5.91 Å². The van der Waals surface area contributed by atoms with Crippen molar-refractivity contribution >= 4 is 16.2 Å². The summed E-state index contributed by atoms with van der Waals surface area (Å²) in [4.78, 5) is 12.2. The number of rotatable bonds is 12. The number of hydrogen-bond acceptors (Lipinski definition) is 12. The maximum atomic E-state index is 12.2. The SMILES string of the molecule is N[C@@H](Cc1ccc(O)cc1)C(=O)NS(=O)(=O)OC[C@H]1OC[C@@H](OCCn2cc(-c3ccccc3)nn2)[C@H](O)[C@@H]1O. The number of carbonyl (C=O) groups excluding carboxylic acids is 1. The summed E-state index contributed by atoms with van der Waals surface area (Å²) in [7, 11) is -4.58. The number of phenolic OH excluding ortho intramolecular Hbond substituents is 1. The van der Waals surface area contributed by atoms with Crippen LogP contribution in [0.25, 0.3) is 11.3 Å². The molecule has 1 aliphatic rings. The Labute approximate surface area is 230 Å². The second kappa shape index (κ2) is 13.3. The van der Waals surface area contributed by atoms with Crippen LogP contribution in [0.5, 0.6) is 5.75 Å². The number of hydrogen-bond donors (Lipinski definition) is 5. The summed E-state index contributed by atoms with van der Waals surface area (Å²) in [5.41, 5.74) is 8.01. The van der Waals surface area contributed by atoms with Gasteiger partial charge >= 0.3 is 10.3 Å². The minimum absolute atomic E-state index is 0.0186. The monoisotopic (exact) mass is 577 g/mol. The van der Waals surface area contributed by atoms with E-state index in [1.807, 2.05) is 30.3 Å². The lowest BCUT2D eigenvalue weighted by Gasteiger charge is -2.37. The van der Waals surface area contributed by atoms with Gasteiger partial charge in [-0.05, 0) is 24.1 Å². The fourth-order valence-corrected chi connectivity index (χ4v) is 4.73. The lowest BCUT2D eigenvalue weighted by Crippen LogP contribution is -2.55. The molecule has 2 heterocycles. The number of nitrogens with one attached hydrogen (secondary N) is 1. The molecule has 3 aromatic rings. The van der Waals surface area contributed by atoms with Crippen molar-refractivity contribution in [1.29, 1.82) is 0 Å². The van der Waals surface area contributed by atoms with Gasteiger partial charge in [-0.1, -0.05) is 47.7 Å². The zero-order valence-electron chi connectivity index (χ0n) is 21.3. The van der Waals surface area contributed by atoms with E-state index in [0.29, 0.717) is 17.8 Å². The molecule has 40 heavy (non-hydrogen) atoms. The van der Waals surface area contributed by atoms with Crippen molar-refractivity contribution in [2.45, 2.75) is 43.4 Å². The topological polar surface area (TPSA) is 208 Å². The molecular formula is C25H31N5O9S. The van der Waals surface area contributed by atoms with Gasteiger partial charge in [-0.2, -0.15) is 8.42 Å². The summed E-state index contributed by atoms with van der Waals surface area (Å²) in [6.07, 6.45) is -3.20. The van der Waals surface area contributed by atoms with Gasteiger partial charge in [0.15, 0.2) is 0 Å². The molecule has 0 bridgehead atoms. The molecule has 0 spiro atoms. The third-order valence-electron chi connectivity index (χ3n) is 6.19. The molecule has 1 amide bonds. The van der Waals surface area contributed by atoms with E-state index in [0.717, 1.165) is 5.56 Å². The highest BCUT2D eigenvalue weighted by molar-refractivity contribution is 7.85. The molecule has 1 saturated heterocycles.